The molecule has 0 spiro atoms. The molecule has 1 aliphatic carbocycles. The first-order valence-corrected chi connectivity index (χ1v) is 11.8. The quantitative estimate of drug-likeness (QED) is 0.361. The van der Waals surface area contributed by atoms with Gasteiger partial charge in [0.05, 0.1) is 23.3 Å². The van der Waals surface area contributed by atoms with Crippen LogP contribution >= 0.6 is 0 Å². The molecule has 2 atom stereocenters. The molecule has 0 bridgehead atoms. The second-order valence-electron chi connectivity index (χ2n) is 8.92. The van der Waals surface area contributed by atoms with E-state index in [1.54, 1.807) is 38.1 Å². The molecule has 2 unspecified atom stereocenters. The van der Waals surface area contributed by atoms with Crippen LogP contribution in [-0.2, 0) is 9.53 Å². The van der Waals surface area contributed by atoms with Gasteiger partial charge in [-0.2, -0.15) is 0 Å². The van der Waals surface area contributed by atoms with Gasteiger partial charge in [0.15, 0.2) is 5.78 Å². The topological polar surface area (TPSA) is 123 Å². The minimum atomic E-state index is -0.754. The maximum absolute atomic E-state index is 13.4. The fourth-order valence-corrected chi connectivity index (χ4v) is 5.07. The van der Waals surface area contributed by atoms with Gasteiger partial charge in [0.25, 0.3) is 11.8 Å². The smallest absolute Gasteiger partial charge is 0.344 e. The average Bonchev–Trinajstić information content (AvgIpc) is 3.28. The molecule has 2 heterocycles. The fourth-order valence-electron chi connectivity index (χ4n) is 5.07. The number of carbonyl (C=O) groups is 5. The number of ketones is 1. The Bertz CT molecular complexity index is 1180. The number of esters is 1. The van der Waals surface area contributed by atoms with Crippen LogP contribution in [-0.4, -0.2) is 47.5 Å². The largest absolute Gasteiger partial charge is 0.462 e. The number of hydrogen-bond acceptors (Lipinski definition) is 7. The summed E-state index contributed by atoms with van der Waals surface area (Å²) in [5.74, 6) is -2.90. The third-order valence-corrected chi connectivity index (χ3v) is 6.69. The van der Waals surface area contributed by atoms with Crippen LogP contribution in [0.5, 0.6) is 0 Å². The van der Waals surface area contributed by atoms with Crippen molar-refractivity contribution in [3.8, 4) is 0 Å². The highest BCUT2D eigenvalue weighted by atomic mass is 16.5. The maximum atomic E-state index is 13.4. The number of furan rings is 1. The third kappa shape index (κ3) is 4.50. The molecule has 0 radical (unpaired) electrons. The summed E-state index contributed by atoms with van der Waals surface area (Å²) in [5, 5.41) is 2.68. The lowest BCUT2D eigenvalue weighted by Crippen LogP contribution is -2.41. The number of anilines is 1. The summed E-state index contributed by atoms with van der Waals surface area (Å²) in [6.07, 6.45) is 2.93. The normalized spacial score (nSPS) is 19.5. The van der Waals surface area contributed by atoms with Gasteiger partial charge < -0.3 is 9.15 Å². The van der Waals surface area contributed by atoms with Crippen molar-refractivity contribution >= 4 is 35.4 Å². The Kier molecular flexibility index (Phi) is 6.86. The van der Waals surface area contributed by atoms with Gasteiger partial charge in [0, 0.05) is 12.5 Å². The van der Waals surface area contributed by atoms with Gasteiger partial charge in [0.1, 0.15) is 11.3 Å². The van der Waals surface area contributed by atoms with E-state index in [9.17, 15) is 24.0 Å². The van der Waals surface area contributed by atoms with Crippen molar-refractivity contribution in [2.75, 3.05) is 18.5 Å². The molecule has 1 aromatic heterocycles. The summed E-state index contributed by atoms with van der Waals surface area (Å²) >= 11 is 0. The second kappa shape index (κ2) is 9.85. The number of nitrogens with zero attached hydrogens (tertiary/aromatic N) is 1. The number of nitrogens with one attached hydrogen (secondary N) is 1. The van der Waals surface area contributed by atoms with E-state index in [4.69, 9.17) is 9.15 Å². The lowest BCUT2D eigenvalue weighted by Gasteiger charge is -2.32. The molecular weight excluding hydrogens is 452 g/mol. The van der Waals surface area contributed by atoms with Crippen LogP contribution in [0.3, 0.4) is 0 Å². The van der Waals surface area contributed by atoms with Crippen LogP contribution in [0, 0.1) is 18.8 Å². The first-order valence-electron chi connectivity index (χ1n) is 11.8. The third-order valence-electron chi connectivity index (χ3n) is 6.69. The van der Waals surface area contributed by atoms with Crippen molar-refractivity contribution in [3.63, 3.8) is 0 Å². The number of carbonyl (C=O) groups excluding carboxylic acids is 5. The molecule has 1 saturated carbocycles. The van der Waals surface area contributed by atoms with Crippen molar-refractivity contribution in [2.45, 2.75) is 46.5 Å². The molecule has 1 aromatic carbocycles. The Balaban J connectivity index is 1.56. The number of ether oxygens (including phenoxy) is 1. The Morgan fingerprint density at radius 3 is 2.29 bits per heavy atom. The van der Waals surface area contributed by atoms with E-state index in [1.807, 2.05) is 0 Å². The molecular formula is C26H28N2O7. The van der Waals surface area contributed by atoms with Crippen LogP contribution in [0.2, 0.25) is 0 Å². The van der Waals surface area contributed by atoms with Crippen LogP contribution in [0.25, 0.3) is 0 Å². The highest BCUT2D eigenvalue weighted by molar-refractivity contribution is 6.21. The van der Waals surface area contributed by atoms with E-state index >= 15 is 0 Å². The number of rotatable bonds is 7. The van der Waals surface area contributed by atoms with Gasteiger partial charge in [-0.3, -0.25) is 29.4 Å². The SMILES string of the molecule is CCOC(=O)c1c(NC(=O)C2CCCCC2CN2C(=O)c3ccccc3C2=O)oc(C)c1C(C)=O. The molecule has 1 aliphatic heterocycles. The predicted molar refractivity (Wildman–Crippen MR) is 125 cm³/mol. The van der Waals surface area contributed by atoms with E-state index in [2.05, 4.69) is 5.32 Å². The number of imide groups is 1. The first kappa shape index (κ1) is 24.4. The lowest BCUT2D eigenvalue weighted by atomic mass is 9.78. The zero-order chi connectivity index (χ0) is 25.3. The van der Waals surface area contributed by atoms with Crippen molar-refractivity contribution < 1.29 is 33.1 Å². The number of benzene rings is 1. The molecule has 9 heteroatoms. The van der Waals surface area contributed by atoms with Crippen molar-refractivity contribution in [2.24, 2.45) is 11.8 Å². The predicted octanol–water partition coefficient (Wildman–Crippen LogP) is 4.01. The zero-order valence-corrected chi connectivity index (χ0v) is 20.0. The lowest BCUT2D eigenvalue weighted by molar-refractivity contribution is -0.122. The number of amides is 3. The number of aryl methyl sites for hydroxylation is 1. The van der Waals surface area contributed by atoms with Crippen molar-refractivity contribution in [1.29, 1.82) is 0 Å². The van der Waals surface area contributed by atoms with Crippen LogP contribution < -0.4 is 5.32 Å². The van der Waals surface area contributed by atoms with Gasteiger partial charge in [-0.1, -0.05) is 25.0 Å². The monoisotopic (exact) mass is 480 g/mol. The number of hydrogen-bond donors (Lipinski definition) is 1. The molecule has 1 N–H and O–H groups in total. The van der Waals surface area contributed by atoms with Gasteiger partial charge in [-0.05, 0) is 51.7 Å². The molecule has 3 amide bonds. The minimum absolute atomic E-state index is 0.0740. The van der Waals surface area contributed by atoms with Gasteiger partial charge in [-0.15, -0.1) is 0 Å². The Morgan fingerprint density at radius 1 is 1.06 bits per heavy atom. The highest BCUT2D eigenvalue weighted by Crippen LogP contribution is 2.35. The molecule has 2 aromatic rings. The highest BCUT2D eigenvalue weighted by Gasteiger charge is 2.40. The summed E-state index contributed by atoms with van der Waals surface area (Å²) in [6.45, 7) is 4.72. The van der Waals surface area contributed by atoms with Crippen LogP contribution in [0.15, 0.2) is 28.7 Å². The molecule has 9 nitrogen and oxygen atoms in total. The van der Waals surface area contributed by atoms with Gasteiger partial charge in [-0.25, -0.2) is 4.79 Å². The maximum Gasteiger partial charge on any atom is 0.344 e. The number of Topliss-reactive ketones (excluding diaryl/α,β-unsaturated/α-hetero) is 1. The van der Waals surface area contributed by atoms with Crippen LogP contribution in [0.4, 0.5) is 5.88 Å². The van der Waals surface area contributed by atoms with Gasteiger partial charge in [0.2, 0.25) is 11.8 Å². The summed E-state index contributed by atoms with van der Waals surface area (Å²) in [6, 6.07) is 6.69. The zero-order valence-electron chi connectivity index (χ0n) is 20.0. The van der Waals surface area contributed by atoms with Crippen molar-refractivity contribution in [3.05, 3.63) is 52.3 Å². The summed E-state index contributed by atoms with van der Waals surface area (Å²) in [7, 11) is 0. The molecule has 184 valence electrons. The average molecular weight is 481 g/mol. The molecule has 4 rings (SSSR count). The van der Waals surface area contributed by atoms with E-state index in [1.165, 1.54) is 11.8 Å². The van der Waals surface area contributed by atoms with Crippen molar-refractivity contribution in [1.82, 2.24) is 4.90 Å². The summed E-state index contributed by atoms with van der Waals surface area (Å²) in [5.41, 5.74) is 0.718. The van der Waals surface area contributed by atoms with E-state index < -0.39 is 11.9 Å². The summed E-state index contributed by atoms with van der Waals surface area (Å²) < 4.78 is 10.7. The number of fused-ring (bicyclic) bond motifs is 1. The second-order valence-corrected chi connectivity index (χ2v) is 8.92. The Labute approximate surface area is 202 Å². The minimum Gasteiger partial charge on any atom is -0.462 e. The summed E-state index contributed by atoms with van der Waals surface area (Å²) in [4.78, 5) is 65.0. The van der Waals surface area contributed by atoms with E-state index in [0.717, 1.165) is 12.8 Å². The molecule has 1 fully saturated rings. The standard InChI is InChI=1S/C26H28N2O7/c1-4-34-26(33)21-20(14(2)29)15(3)35-23(21)27-22(30)17-10-6-5-9-16(17)13-28-24(31)18-11-7-8-12-19(18)25(28)32/h7-8,11-12,16-17H,4-6,9-10,13H2,1-3H3,(H,27,30). The molecule has 2 aliphatic rings. The Hall–Kier alpha value is -3.75. The van der Waals surface area contributed by atoms with E-state index in [-0.39, 0.29) is 65.3 Å². The molecule has 35 heavy (non-hydrogen) atoms. The Morgan fingerprint density at radius 2 is 1.69 bits per heavy atom. The molecule has 0 saturated heterocycles. The fraction of sp³-hybridized carbons (Fsp3) is 0.423. The van der Waals surface area contributed by atoms with Crippen LogP contribution in [0.1, 0.15) is 86.7 Å². The first-order chi connectivity index (χ1) is 16.7. The van der Waals surface area contributed by atoms with E-state index in [0.29, 0.717) is 24.0 Å². The van der Waals surface area contributed by atoms with Gasteiger partial charge >= 0.3 is 5.97 Å².